The van der Waals surface area contributed by atoms with Crippen LogP contribution in [-0.2, 0) is 11.3 Å². The lowest BCUT2D eigenvalue weighted by molar-refractivity contribution is 0.157. The average molecular weight is 435 g/mol. The van der Waals surface area contributed by atoms with E-state index in [0.717, 1.165) is 43.4 Å². The number of phenolic OH excluding ortho intramolecular Hbond substituents is 1. The van der Waals surface area contributed by atoms with Gasteiger partial charge in [0.25, 0.3) is 0 Å². The fraction of sp³-hybridized carbons (Fsp3) is 0.562. The minimum Gasteiger partial charge on any atom is -0.508 e. The molecule has 2 rings (SSSR count). The monoisotopic (exact) mass is 435 g/mol. The zero-order valence-electron chi connectivity index (χ0n) is 13.9. The van der Waals surface area contributed by atoms with Gasteiger partial charge in [-0.3, -0.25) is 4.99 Å². The number of nitrogens with one attached hydrogen (secondary N) is 1. The summed E-state index contributed by atoms with van der Waals surface area (Å²) in [7, 11) is 5.13. The van der Waals surface area contributed by atoms with Crippen molar-refractivity contribution < 1.29 is 14.6 Å². The number of hydrogen-bond donors (Lipinski definition) is 2. The SMILES string of the molecule is CN=C(NCc1cc(OC)ccc1O)N1CCC(COC)C1.I. The number of halogens is 1. The zero-order chi connectivity index (χ0) is 15.9. The molecule has 1 aliphatic rings. The van der Waals surface area contributed by atoms with Crippen LogP contribution in [0.3, 0.4) is 0 Å². The minimum atomic E-state index is 0. The third-order valence-electron chi connectivity index (χ3n) is 3.92. The molecule has 1 heterocycles. The molecule has 0 aliphatic carbocycles. The van der Waals surface area contributed by atoms with Crippen molar-refractivity contribution in [2.24, 2.45) is 10.9 Å². The second-order valence-corrected chi connectivity index (χ2v) is 5.45. The van der Waals surface area contributed by atoms with Crippen LogP contribution in [0.2, 0.25) is 0 Å². The molecule has 6 nitrogen and oxygen atoms in total. The number of methoxy groups -OCH3 is 2. The number of likely N-dealkylation sites (tertiary alicyclic amines) is 1. The van der Waals surface area contributed by atoms with E-state index in [1.54, 1.807) is 33.4 Å². The molecule has 0 spiro atoms. The Morgan fingerprint density at radius 1 is 1.43 bits per heavy atom. The molecule has 1 saturated heterocycles. The molecule has 1 aromatic rings. The summed E-state index contributed by atoms with van der Waals surface area (Å²) in [6.07, 6.45) is 1.11. The van der Waals surface area contributed by atoms with Crippen molar-refractivity contribution >= 4 is 29.9 Å². The quantitative estimate of drug-likeness (QED) is 0.421. The van der Waals surface area contributed by atoms with E-state index in [-0.39, 0.29) is 29.7 Å². The van der Waals surface area contributed by atoms with Gasteiger partial charge in [-0.15, -0.1) is 24.0 Å². The highest BCUT2D eigenvalue weighted by molar-refractivity contribution is 14.0. The van der Waals surface area contributed by atoms with E-state index < -0.39 is 0 Å². The Labute approximate surface area is 154 Å². The van der Waals surface area contributed by atoms with E-state index in [9.17, 15) is 5.11 Å². The van der Waals surface area contributed by atoms with Gasteiger partial charge in [-0.1, -0.05) is 0 Å². The molecular formula is C16H26IN3O3. The van der Waals surface area contributed by atoms with Crippen LogP contribution >= 0.6 is 24.0 Å². The van der Waals surface area contributed by atoms with Crippen LogP contribution in [0.15, 0.2) is 23.2 Å². The maximum absolute atomic E-state index is 9.93. The van der Waals surface area contributed by atoms with E-state index in [4.69, 9.17) is 9.47 Å². The first kappa shape index (κ1) is 19.8. The van der Waals surface area contributed by atoms with Gasteiger partial charge in [0, 0.05) is 45.3 Å². The van der Waals surface area contributed by atoms with Crippen molar-refractivity contribution in [1.29, 1.82) is 0 Å². The summed E-state index contributed by atoms with van der Waals surface area (Å²) in [5.74, 6) is 2.38. The molecule has 130 valence electrons. The summed E-state index contributed by atoms with van der Waals surface area (Å²) in [4.78, 5) is 6.55. The Balaban J connectivity index is 0.00000264. The van der Waals surface area contributed by atoms with Crippen LogP contribution in [-0.4, -0.2) is 56.9 Å². The molecule has 1 fully saturated rings. The highest BCUT2D eigenvalue weighted by Crippen LogP contribution is 2.23. The molecule has 1 aromatic carbocycles. The summed E-state index contributed by atoms with van der Waals surface area (Å²) >= 11 is 0. The molecular weight excluding hydrogens is 409 g/mol. The van der Waals surface area contributed by atoms with Gasteiger partial charge in [0.15, 0.2) is 5.96 Å². The molecule has 7 heteroatoms. The van der Waals surface area contributed by atoms with E-state index in [2.05, 4.69) is 15.2 Å². The van der Waals surface area contributed by atoms with Crippen LogP contribution in [0.4, 0.5) is 0 Å². The zero-order valence-corrected chi connectivity index (χ0v) is 16.2. The van der Waals surface area contributed by atoms with Crippen molar-refractivity contribution in [2.75, 3.05) is 41.0 Å². The van der Waals surface area contributed by atoms with Gasteiger partial charge in [0.05, 0.1) is 13.7 Å². The number of rotatable bonds is 5. The molecule has 0 bridgehead atoms. The summed E-state index contributed by atoms with van der Waals surface area (Å²) < 4.78 is 10.4. The number of guanidine groups is 1. The lowest BCUT2D eigenvalue weighted by Crippen LogP contribution is -2.39. The second-order valence-electron chi connectivity index (χ2n) is 5.45. The van der Waals surface area contributed by atoms with Crippen LogP contribution in [0, 0.1) is 5.92 Å². The van der Waals surface area contributed by atoms with Gasteiger partial charge in [0.1, 0.15) is 11.5 Å². The van der Waals surface area contributed by atoms with Gasteiger partial charge in [-0.2, -0.15) is 0 Å². The molecule has 0 amide bonds. The van der Waals surface area contributed by atoms with Crippen molar-refractivity contribution in [3.63, 3.8) is 0 Å². The highest BCUT2D eigenvalue weighted by atomic mass is 127. The third-order valence-corrected chi connectivity index (χ3v) is 3.92. The predicted octanol–water partition coefficient (Wildman–Crippen LogP) is 2.06. The van der Waals surface area contributed by atoms with Crippen LogP contribution in [0.1, 0.15) is 12.0 Å². The standard InChI is InChI=1S/C16H25N3O3.HI/c1-17-16(19-7-6-12(10-19)11-21-2)18-9-13-8-14(22-3)4-5-15(13)20;/h4-5,8,12,20H,6-7,9-11H2,1-3H3,(H,17,18);1H. The van der Waals surface area contributed by atoms with Crippen molar-refractivity contribution in [1.82, 2.24) is 10.2 Å². The predicted molar refractivity (Wildman–Crippen MR) is 102 cm³/mol. The van der Waals surface area contributed by atoms with Gasteiger partial charge < -0.3 is 24.8 Å². The van der Waals surface area contributed by atoms with E-state index in [0.29, 0.717) is 12.5 Å². The number of aromatic hydroxyl groups is 1. The second kappa shape index (κ2) is 9.82. The topological polar surface area (TPSA) is 66.3 Å². The summed E-state index contributed by atoms with van der Waals surface area (Å²) in [6.45, 7) is 3.20. The van der Waals surface area contributed by atoms with Crippen molar-refractivity contribution in [3.8, 4) is 11.5 Å². The van der Waals surface area contributed by atoms with E-state index in [1.165, 1.54) is 0 Å². The van der Waals surface area contributed by atoms with E-state index >= 15 is 0 Å². The Morgan fingerprint density at radius 3 is 2.87 bits per heavy atom. The Morgan fingerprint density at radius 2 is 2.22 bits per heavy atom. The number of hydrogen-bond acceptors (Lipinski definition) is 4. The van der Waals surface area contributed by atoms with Crippen LogP contribution < -0.4 is 10.1 Å². The molecule has 0 aromatic heterocycles. The molecule has 0 saturated carbocycles. The number of ether oxygens (including phenoxy) is 2. The smallest absolute Gasteiger partial charge is 0.193 e. The average Bonchev–Trinajstić information content (AvgIpc) is 2.98. The van der Waals surface area contributed by atoms with Gasteiger partial charge >= 0.3 is 0 Å². The number of nitrogens with zero attached hydrogens (tertiary/aromatic N) is 2. The maximum Gasteiger partial charge on any atom is 0.193 e. The molecule has 0 radical (unpaired) electrons. The van der Waals surface area contributed by atoms with Crippen molar-refractivity contribution in [2.45, 2.75) is 13.0 Å². The lowest BCUT2D eigenvalue weighted by atomic mass is 10.1. The molecule has 2 N–H and O–H groups in total. The molecule has 23 heavy (non-hydrogen) atoms. The van der Waals surface area contributed by atoms with Gasteiger partial charge in [-0.25, -0.2) is 0 Å². The van der Waals surface area contributed by atoms with Crippen LogP contribution in [0.25, 0.3) is 0 Å². The van der Waals surface area contributed by atoms with Gasteiger partial charge in [0.2, 0.25) is 0 Å². The normalized spacial score (nSPS) is 17.8. The third kappa shape index (κ3) is 5.42. The summed E-state index contributed by atoms with van der Waals surface area (Å²) in [5.41, 5.74) is 0.785. The summed E-state index contributed by atoms with van der Waals surface area (Å²) in [6, 6.07) is 5.21. The fourth-order valence-corrected chi connectivity index (χ4v) is 2.73. The maximum atomic E-state index is 9.93. The lowest BCUT2D eigenvalue weighted by Gasteiger charge is -2.22. The number of benzene rings is 1. The van der Waals surface area contributed by atoms with Crippen LogP contribution in [0.5, 0.6) is 11.5 Å². The largest absolute Gasteiger partial charge is 0.508 e. The first-order valence-corrected chi connectivity index (χ1v) is 7.48. The summed E-state index contributed by atoms with van der Waals surface area (Å²) in [5, 5.41) is 13.2. The van der Waals surface area contributed by atoms with Gasteiger partial charge in [-0.05, 0) is 24.6 Å². The number of aliphatic imine (C=N–C) groups is 1. The Hall–Kier alpha value is -1.22. The fourth-order valence-electron chi connectivity index (χ4n) is 2.73. The first-order valence-electron chi connectivity index (χ1n) is 7.48. The van der Waals surface area contributed by atoms with Crippen molar-refractivity contribution in [3.05, 3.63) is 23.8 Å². The molecule has 1 aliphatic heterocycles. The van der Waals surface area contributed by atoms with E-state index in [1.807, 2.05) is 6.07 Å². The number of phenols is 1. The molecule has 1 atom stereocenters. The minimum absolute atomic E-state index is 0. The Kier molecular flexibility index (Phi) is 8.46. The molecule has 1 unspecified atom stereocenters. The Bertz CT molecular complexity index is 525. The highest BCUT2D eigenvalue weighted by Gasteiger charge is 2.24. The first-order chi connectivity index (χ1) is 10.7.